The van der Waals surface area contributed by atoms with Crippen LogP contribution in [0, 0.1) is 11.8 Å². The third-order valence-corrected chi connectivity index (χ3v) is 3.02. The van der Waals surface area contributed by atoms with E-state index in [2.05, 4.69) is 31.1 Å². The molecule has 3 nitrogen and oxygen atoms in total. The Balaban J connectivity index is 2.21. The Morgan fingerprint density at radius 3 is 2.87 bits per heavy atom. The maximum Gasteiger partial charge on any atom is 0.224 e. The number of piperidine rings is 1. The molecule has 1 amide bonds. The van der Waals surface area contributed by atoms with Crippen LogP contribution in [0.3, 0.4) is 0 Å². The monoisotopic (exact) mass is 212 g/mol. The molecule has 1 rings (SSSR count). The highest BCUT2D eigenvalue weighted by Crippen LogP contribution is 2.14. The molecule has 1 N–H and O–H groups in total. The third kappa shape index (κ3) is 4.65. The Hall–Kier alpha value is -0.570. The maximum absolute atomic E-state index is 11.8. The standard InChI is InChI=1S/C12H24N2O/c1-10(2)6-7-13-12(15)11-5-4-8-14(3)9-11/h10-11H,4-9H2,1-3H3,(H,13,15). The maximum atomic E-state index is 11.8. The zero-order chi connectivity index (χ0) is 11.3. The molecule has 0 aromatic rings. The average Bonchev–Trinajstić information content (AvgIpc) is 2.17. The summed E-state index contributed by atoms with van der Waals surface area (Å²) in [5, 5.41) is 3.04. The first-order valence-corrected chi connectivity index (χ1v) is 6.06. The summed E-state index contributed by atoms with van der Waals surface area (Å²) in [5.41, 5.74) is 0. The van der Waals surface area contributed by atoms with Gasteiger partial charge in [-0.1, -0.05) is 13.8 Å². The molecule has 0 aromatic heterocycles. The summed E-state index contributed by atoms with van der Waals surface area (Å²) < 4.78 is 0. The summed E-state index contributed by atoms with van der Waals surface area (Å²) in [6.07, 6.45) is 3.28. The van der Waals surface area contributed by atoms with Crippen molar-refractivity contribution in [1.29, 1.82) is 0 Å². The van der Waals surface area contributed by atoms with Gasteiger partial charge in [0.1, 0.15) is 0 Å². The van der Waals surface area contributed by atoms with Gasteiger partial charge in [-0.25, -0.2) is 0 Å². The second-order valence-corrected chi connectivity index (χ2v) is 5.07. The first-order chi connectivity index (χ1) is 7.09. The van der Waals surface area contributed by atoms with E-state index in [1.807, 2.05) is 0 Å². The highest BCUT2D eigenvalue weighted by molar-refractivity contribution is 5.78. The van der Waals surface area contributed by atoms with Gasteiger partial charge in [0.25, 0.3) is 0 Å². The molecule has 0 aromatic carbocycles. The summed E-state index contributed by atoms with van der Waals surface area (Å²) in [6, 6.07) is 0. The number of nitrogens with zero attached hydrogens (tertiary/aromatic N) is 1. The molecule has 15 heavy (non-hydrogen) atoms. The first-order valence-electron chi connectivity index (χ1n) is 6.06. The van der Waals surface area contributed by atoms with E-state index in [0.29, 0.717) is 5.92 Å². The molecule has 88 valence electrons. The number of amides is 1. The molecule has 1 aliphatic heterocycles. The van der Waals surface area contributed by atoms with Crippen molar-refractivity contribution >= 4 is 5.91 Å². The molecular weight excluding hydrogens is 188 g/mol. The van der Waals surface area contributed by atoms with Crippen LogP contribution in [0.15, 0.2) is 0 Å². The van der Waals surface area contributed by atoms with Gasteiger partial charge in [-0.2, -0.15) is 0 Å². The molecule has 1 aliphatic rings. The van der Waals surface area contributed by atoms with Gasteiger partial charge in [0, 0.05) is 13.1 Å². The fraction of sp³-hybridized carbons (Fsp3) is 0.917. The predicted octanol–water partition coefficient (Wildman–Crippen LogP) is 1.49. The Kier molecular flexibility index (Phi) is 5.09. The van der Waals surface area contributed by atoms with Gasteiger partial charge in [0.2, 0.25) is 5.91 Å². The van der Waals surface area contributed by atoms with E-state index in [9.17, 15) is 4.79 Å². The number of hydrogen-bond donors (Lipinski definition) is 1. The van der Waals surface area contributed by atoms with Crippen LogP contribution in [0.4, 0.5) is 0 Å². The summed E-state index contributed by atoms with van der Waals surface area (Å²) in [5.74, 6) is 1.14. The largest absolute Gasteiger partial charge is 0.356 e. The molecule has 0 aliphatic carbocycles. The van der Waals surface area contributed by atoms with Crippen molar-refractivity contribution in [3.63, 3.8) is 0 Å². The summed E-state index contributed by atoms with van der Waals surface area (Å²) in [6.45, 7) is 7.25. The van der Waals surface area contributed by atoms with Crippen LogP contribution < -0.4 is 5.32 Å². The molecule has 1 saturated heterocycles. The second-order valence-electron chi connectivity index (χ2n) is 5.07. The SMILES string of the molecule is CC(C)CCNC(=O)C1CCCN(C)C1. The van der Waals surface area contributed by atoms with Gasteiger partial charge < -0.3 is 10.2 Å². The van der Waals surface area contributed by atoms with Crippen LogP contribution in [0.1, 0.15) is 33.1 Å². The summed E-state index contributed by atoms with van der Waals surface area (Å²) in [4.78, 5) is 14.0. The number of rotatable bonds is 4. The predicted molar refractivity (Wildman–Crippen MR) is 62.7 cm³/mol. The lowest BCUT2D eigenvalue weighted by molar-refractivity contribution is -0.126. The third-order valence-electron chi connectivity index (χ3n) is 3.02. The Labute approximate surface area is 93.2 Å². The number of carbonyl (C=O) groups is 1. The van der Waals surface area contributed by atoms with E-state index in [1.165, 1.54) is 0 Å². The molecule has 0 spiro atoms. The molecule has 1 fully saturated rings. The summed E-state index contributed by atoms with van der Waals surface area (Å²) in [7, 11) is 2.09. The highest BCUT2D eigenvalue weighted by Gasteiger charge is 2.23. The molecule has 3 heteroatoms. The Bertz CT molecular complexity index is 204. The molecule has 1 atom stereocenters. The van der Waals surface area contributed by atoms with Crippen LogP contribution in [0.5, 0.6) is 0 Å². The molecule has 0 radical (unpaired) electrons. The van der Waals surface area contributed by atoms with E-state index in [-0.39, 0.29) is 11.8 Å². The van der Waals surface area contributed by atoms with Gasteiger partial charge >= 0.3 is 0 Å². The van der Waals surface area contributed by atoms with Gasteiger partial charge in [0.15, 0.2) is 0 Å². The van der Waals surface area contributed by atoms with Crippen LogP contribution in [-0.2, 0) is 4.79 Å². The Morgan fingerprint density at radius 2 is 2.27 bits per heavy atom. The minimum atomic E-state index is 0.218. The molecule has 0 bridgehead atoms. The van der Waals surface area contributed by atoms with Gasteiger partial charge in [-0.15, -0.1) is 0 Å². The lowest BCUT2D eigenvalue weighted by Gasteiger charge is -2.28. The highest BCUT2D eigenvalue weighted by atomic mass is 16.1. The number of nitrogens with one attached hydrogen (secondary N) is 1. The van der Waals surface area contributed by atoms with Crippen molar-refractivity contribution in [3.05, 3.63) is 0 Å². The van der Waals surface area contributed by atoms with Crippen molar-refractivity contribution in [2.75, 3.05) is 26.7 Å². The minimum Gasteiger partial charge on any atom is -0.356 e. The lowest BCUT2D eigenvalue weighted by Crippen LogP contribution is -2.41. The van der Waals surface area contributed by atoms with E-state index in [0.717, 1.165) is 38.9 Å². The van der Waals surface area contributed by atoms with Crippen LogP contribution in [-0.4, -0.2) is 37.5 Å². The normalized spacial score (nSPS) is 23.1. The van der Waals surface area contributed by atoms with Gasteiger partial charge in [-0.3, -0.25) is 4.79 Å². The van der Waals surface area contributed by atoms with E-state index in [1.54, 1.807) is 0 Å². The molecular formula is C12H24N2O. The molecule has 0 saturated carbocycles. The fourth-order valence-electron chi connectivity index (χ4n) is 2.01. The zero-order valence-electron chi connectivity index (χ0n) is 10.3. The average molecular weight is 212 g/mol. The fourth-order valence-corrected chi connectivity index (χ4v) is 2.01. The van der Waals surface area contributed by atoms with E-state index >= 15 is 0 Å². The van der Waals surface area contributed by atoms with Gasteiger partial charge in [-0.05, 0) is 38.8 Å². The zero-order valence-corrected chi connectivity index (χ0v) is 10.3. The van der Waals surface area contributed by atoms with Crippen LogP contribution in [0.2, 0.25) is 0 Å². The van der Waals surface area contributed by atoms with E-state index < -0.39 is 0 Å². The smallest absolute Gasteiger partial charge is 0.224 e. The van der Waals surface area contributed by atoms with Crippen molar-refractivity contribution in [2.45, 2.75) is 33.1 Å². The van der Waals surface area contributed by atoms with E-state index in [4.69, 9.17) is 0 Å². The van der Waals surface area contributed by atoms with Crippen LogP contribution >= 0.6 is 0 Å². The van der Waals surface area contributed by atoms with Gasteiger partial charge in [0.05, 0.1) is 5.92 Å². The minimum absolute atomic E-state index is 0.218. The van der Waals surface area contributed by atoms with Crippen LogP contribution in [0.25, 0.3) is 0 Å². The number of hydrogen-bond acceptors (Lipinski definition) is 2. The van der Waals surface area contributed by atoms with Crippen molar-refractivity contribution in [2.24, 2.45) is 11.8 Å². The summed E-state index contributed by atoms with van der Waals surface area (Å²) >= 11 is 0. The van der Waals surface area contributed by atoms with Crippen molar-refractivity contribution in [1.82, 2.24) is 10.2 Å². The first kappa shape index (κ1) is 12.5. The molecule has 1 heterocycles. The topological polar surface area (TPSA) is 32.3 Å². The van der Waals surface area contributed by atoms with Crippen molar-refractivity contribution < 1.29 is 4.79 Å². The molecule has 1 unspecified atom stereocenters. The Morgan fingerprint density at radius 1 is 1.53 bits per heavy atom. The number of likely N-dealkylation sites (tertiary alicyclic amines) is 1. The lowest BCUT2D eigenvalue weighted by atomic mass is 9.97. The van der Waals surface area contributed by atoms with Crippen molar-refractivity contribution in [3.8, 4) is 0 Å². The second kappa shape index (κ2) is 6.11. The quantitative estimate of drug-likeness (QED) is 0.766. The number of carbonyl (C=O) groups excluding carboxylic acids is 1.